The molecule has 3 rings (SSSR count). The predicted molar refractivity (Wildman–Crippen MR) is 84.0 cm³/mol. The number of rotatable bonds is 2. The van der Waals surface area contributed by atoms with Crippen LogP contribution in [-0.4, -0.2) is 11.0 Å². The molecule has 1 atom stereocenters. The highest BCUT2D eigenvalue weighted by atomic mass is 32.1. The first-order chi connectivity index (χ1) is 9.04. The predicted octanol–water partition coefficient (Wildman–Crippen LogP) is 4.99. The second-order valence-corrected chi connectivity index (χ2v) is 7.45. The van der Waals surface area contributed by atoms with Crippen LogP contribution in [0.3, 0.4) is 0 Å². The van der Waals surface area contributed by atoms with E-state index in [1.165, 1.54) is 35.9 Å². The van der Waals surface area contributed by atoms with Crippen molar-refractivity contribution in [2.75, 3.05) is 5.32 Å². The lowest BCUT2D eigenvalue weighted by molar-refractivity contribution is 0.217. The van der Waals surface area contributed by atoms with Gasteiger partial charge in [-0.3, -0.25) is 0 Å². The summed E-state index contributed by atoms with van der Waals surface area (Å²) < 4.78 is 1.29. The fourth-order valence-corrected chi connectivity index (χ4v) is 4.02. The van der Waals surface area contributed by atoms with E-state index in [-0.39, 0.29) is 0 Å². The van der Waals surface area contributed by atoms with Crippen LogP contribution in [0, 0.1) is 12.3 Å². The minimum absolute atomic E-state index is 0.381. The van der Waals surface area contributed by atoms with Gasteiger partial charge in [-0.2, -0.15) is 0 Å². The van der Waals surface area contributed by atoms with Crippen molar-refractivity contribution >= 4 is 26.7 Å². The number of nitrogens with one attached hydrogen (secondary N) is 1. The van der Waals surface area contributed by atoms with Gasteiger partial charge in [0.15, 0.2) is 5.13 Å². The van der Waals surface area contributed by atoms with Crippen molar-refractivity contribution in [3.63, 3.8) is 0 Å². The lowest BCUT2D eigenvalue weighted by atomic mass is 9.73. The molecule has 0 bridgehead atoms. The van der Waals surface area contributed by atoms with Crippen molar-refractivity contribution in [3.05, 3.63) is 23.8 Å². The van der Waals surface area contributed by atoms with Crippen LogP contribution in [0.1, 0.15) is 45.1 Å². The molecule has 2 nitrogen and oxygen atoms in total. The Kier molecular flexibility index (Phi) is 3.25. The van der Waals surface area contributed by atoms with Crippen LogP contribution in [0.4, 0.5) is 5.13 Å². The van der Waals surface area contributed by atoms with Gasteiger partial charge in [-0.15, -0.1) is 0 Å². The molecule has 1 aliphatic rings. The van der Waals surface area contributed by atoms with E-state index in [2.05, 4.69) is 44.3 Å². The molecule has 1 saturated carbocycles. The highest BCUT2D eigenvalue weighted by Gasteiger charge is 2.32. The van der Waals surface area contributed by atoms with Gasteiger partial charge in [0.1, 0.15) is 0 Å². The quantitative estimate of drug-likeness (QED) is 0.835. The third kappa shape index (κ3) is 2.62. The minimum atomic E-state index is 0.381. The number of hydrogen-bond acceptors (Lipinski definition) is 3. The average molecular weight is 274 g/mol. The third-order valence-electron chi connectivity index (χ3n) is 4.35. The summed E-state index contributed by atoms with van der Waals surface area (Å²) in [7, 11) is 0. The topological polar surface area (TPSA) is 24.9 Å². The Morgan fingerprint density at radius 3 is 2.95 bits per heavy atom. The van der Waals surface area contributed by atoms with E-state index in [9.17, 15) is 0 Å². The highest BCUT2D eigenvalue weighted by Crippen LogP contribution is 2.38. The van der Waals surface area contributed by atoms with Crippen molar-refractivity contribution in [1.29, 1.82) is 0 Å². The van der Waals surface area contributed by atoms with Crippen molar-refractivity contribution < 1.29 is 0 Å². The molecular formula is C16H22N2S. The fraction of sp³-hybridized carbons (Fsp3) is 0.562. The lowest BCUT2D eigenvalue weighted by Crippen LogP contribution is -2.38. The monoisotopic (exact) mass is 274 g/mol. The number of benzene rings is 1. The van der Waals surface area contributed by atoms with Gasteiger partial charge >= 0.3 is 0 Å². The maximum absolute atomic E-state index is 4.72. The second kappa shape index (κ2) is 4.78. The molecule has 2 aromatic rings. The minimum Gasteiger partial charge on any atom is -0.358 e. The van der Waals surface area contributed by atoms with Crippen molar-refractivity contribution in [2.45, 2.75) is 52.5 Å². The molecule has 1 aromatic carbocycles. The van der Waals surface area contributed by atoms with Gasteiger partial charge in [0.25, 0.3) is 0 Å². The Hall–Kier alpha value is -1.09. The Morgan fingerprint density at radius 1 is 1.32 bits per heavy atom. The maximum Gasteiger partial charge on any atom is 0.184 e. The van der Waals surface area contributed by atoms with Gasteiger partial charge in [0, 0.05) is 6.04 Å². The maximum atomic E-state index is 4.72. The van der Waals surface area contributed by atoms with E-state index in [0.29, 0.717) is 11.5 Å². The normalized spacial score (nSPS) is 22.6. The zero-order valence-electron chi connectivity index (χ0n) is 12.0. The van der Waals surface area contributed by atoms with Gasteiger partial charge < -0.3 is 5.32 Å². The highest BCUT2D eigenvalue weighted by molar-refractivity contribution is 7.22. The van der Waals surface area contributed by atoms with Crippen LogP contribution < -0.4 is 5.32 Å². The molecular weight excluding hydrogens is 252 g/mol. The molecule has 0 amide bonds. The Balaban J connectivity index is 1.84. The smallest absolute Gasteiger partial charge is 0.184 e. The molecule has 1 N–H and O–H groups in total. The largest absolute Gasteiger partial charge is 0.358 e. The van der Waals surface area contributed by atoms with Crippen LogP contribution in [0.15, 0.2) is 18.2 Å². The standard InChI is InChI=1S/C16H22N2S/c1-11-7-8-12-13(10-11)19-15(17-12)18-14-6-4-5-9-16(14,2)3/h7-8,10,14H,4-6,9H2,1-3H3,(H,17,18). The van der Waals surface area contributed by atoms with Crippen molar-refractivity contribution in [3.8, 4) is 0 Å². The summed E-state index contributed by atoms with van der Waals surface area (Å²) in [6.07, 6.45) is 5.28. The molecule has 1 unspecified atom stereocenters. The number of aryl methyl sites for hydroxylation is 1. The Morgan fingerprint density at radius 2 is 2.16 bits per heavy atom. The van der Waals surface area contributed by atoms with Crippen molar-refractivity contribution in [2.24, 2.45) is 5.41 Å². The summed E-state index contributed by atoms with van der Waals surface area (Å²) in [5.41, 5.74) is 2.80. The molecule has 1 fully saturated rings. The second-order valence-electron chi connectivity index (χ2n) is 6.42. The SMILES string of the molecule is Cc1ccc2nc(NC3CCCCC3(C)C)sc2c1. The number of nitrogens with zero attached hydrogens (tertiary/aromatic N) is 1. The number of hydrogen-bond donors (Lipinski definition) is 1. The van der Waals surface area contributed by atoms with Gasteiger partial charge in [-0.1, -0.05) is 44.1 Å². The van der Waals surface area contributed by atoms with E-state index in [0.717, 1.165) is 10.6 Å². The van der Waals surface area contributed by atoms with E-state index in [4.69, 9.17) is 4.98 Å². The van der Waals surface area contributed by atoms with E-state index in [1.807, 2.05) is 0 Å². The molecule has 1 heterocycles. The molecule has 0 radical (unpaired) electrons. The summed E-state index contributed by atoms with van der Waals surface area (Å²) in [6.45, 7) is 6.89. The first-order valence-corrected chi connectivity index (χ1v) is 8.00. The molecule has 3 heteroatoms. The summed E-state index contributed by atoms with van der Waals surface area (Å²) in [5, 5.41) is 4.77. The van der Waals surface area contributed by atoms with E-state index < -0.39 is 0 Å². The lowest BCUT2D eigenvalue weighted by Gasteiger charge is -2.38. The molecule has 1 aromatic heterocycles. The molecule has 102 valence electrons. The third-order valence-corrected chi connectivity index (χ3v) is 5.30. The van der Waals surface area contributed by atoms with Gasteiger partial charge in [-0.05, 0) is 42.9 Å². The fourth-order valence-electron chi connectivity index (χ4n) is 3.00. The number of thiazole rings is 1. The average Bonchev–Trinajstić information content (AvgIpc) is 2.73. The van der Waals surface area contributed by atoms with Crippen LogP contribution in [-0.2, 0) is 0 Å². The summed E-state index contributed by atoms with van der Waals surface area (Å²) in [5.74, 6) is 0. The van der Waals surface area contributed by atoms with E-state index >= 15 is 0 Å². The van der Waals surface area contributed by atoms with Gasteiger partial charge in [0.05, 0.1) is 10.2 Å². The van der Waals surface area contributed by atoms with Crippen LogP contribution in [0.2, 0.25) is 0 Å². The molecule has 0 saturated heterocycles. The molecule has 0 aliphatic heterocycles. The summed E-state index contributed by atoms with van der Waals surface area (Å²) in [6, 6.07) is 7.04. The zero-order valence-corrected chi connectivity index (χ0v) is 12.8. The van der Waals surface area contributed by atoms with Crippen LogP contribution in [0.5, 0.6) is 0 Å². The summed E-state index contributed by atoms with van der Waals surface area (Å²) in [4.78, 5) is 4.72. The summed E-state index contributed by atoms with van der Waals surface area (Å²) >= 11 is 1.78. The molecule has 0 spiro atoms. The first-order valence-electron chi connectivity index (χ1n) is 7.18. The molecule has 1 aliphatic carbocycles. The first kappa shape index (κ1) is 12.9. The van der Waals surface area contributed by atoms with Crippen molar-refractivity contribution in [1.82, 2.24) is 4.98 Å². The Bertz CT molecular complexity index is 585. The zero-order chi connectivity index (χ0) is 13.5. The molecule has 19 heavy (non-hydrogen) atoms. The van der Waals surface area contributed by atoms with Gasteiger partial charge in [-0.25, -0.2) is 4.98 Å². The van der Waals surface area contributed by atoms with E-state index in [1.54, 1.807) is 11.3 Å². The number of fused-ring (bicyclic) bond motifs is 1. The number of aromatic nitrogens is 1. The van der Waals surface area contributed by atoms with Crippen LogP contribution in [0.25, 0.3) is 10.2 Å². The van der Waals surface area contributed by atoms with Crippen LogP contribution >= 0.6 is 11.3 Å². The van der Waals surface area contributed by atoms with Gasteiger partial charge in [0.2, 0.25) is 0 Å². The number of anilines is 1. The Labute approximate surface area is 119 Å².